The van der Waals surface area contributed by atoms with Gasteiger partial charge < -0.3 is 19.7 Å². The first-order valence-corrected chi connectivity index (χ1v) is 8.49. The van der Waals surface area contributed by atoms with Crippen LogP contribution in [0, 0.1) is 0 Å². The Bertz CT molecular complexity index is 808. The van der Waals surface area contributed by atoms with Gasteiger partial charge in [0, 0.05) is 12.8 Å². The van der Waals surface area contributed by atoms with Gasteiger partial charge in [-0.05, 0) is 42.8 Å². The fraction of sp³-hybridized carbons (Fsp3) is 0.222. The molecule has 2 aromatic carbocycles. The van der Waals surface area contributed by atoms with Gasteiger partial charge in [-0.25, -0.2) is 9.59 Å². The SMILES string of the molecule is O=C(O)c1ccc(OC2(Oc3ccc(C(=O)O)cc3Cl)CCC2)c(Cl)c1. The van der Waals surface area contributed by atoms with Crippen molar-refractivity contribution in [3.8, 4) is 11.5 Å². The monoisotopic (exact) mass is 396 g/mol. The van der Waals surface area contributed by atoms with E-state index in [1.807, 2.05) is 0 Å². The van der Waals surface area contributed by atoms with Crippen molar-refractivity contribution in [2.45, 2.75) is 25.0 Å². The van der Waals surface area contributed by atoms with E-state index in [1.165, 1.54) is 36.4 Å². The number of halogens is 2. The summed E-state index contributed by atoms with van der Waals surface area (Å²) in [6, 6.07) is 8.35. The molecule has 0 unspecified atom stereocenters. The van der Waals surface area contributed by atoms with Crippen molar-refractivity contribution in [2.24, 2.45) is 0 Å². The number of ether oxygens (including phenoxy) is 2. The van der Waals surface area contributed by atoms with Crippen molar-refractivity contribution in [1.82, 2.24) is 0 Å². The van der Waals surface area contributed by atoms with Crippen LogP contribution in [0.1, 0.15) is 40.0 Å². The second-order valence-electron chi connectivity index (χ2n) is 5.87. The molecule has 136 valence electrons. The molecular formula is C18H14Cl2O6. The molecule has 26 heavy (non-hydrogen) atoms. The lowest BCUT2D eigenvalue weighted by molar-refractivity contribution is -0.168. The number of aromatic carboxylic acids is 2. The molecule has 1 aliphatic rings. The molecule has 0 spiro atoms. The first-order valence-electron chi connectivity index (χ1n) is 7.73. The van der Waals surface area contributed by atoms with Crippen LogP contribution in [0.15, 0.2) is 36.4 Å². The second kappa shape index (κ2) is 7.05. The van der Waals surface area contributed by atoms with Gasteiger partial charge in [0.25, 0.3) is 5.79 Å². The van der Waals surface area contributed by atoms with Crippen LogP contribution in [0.4, 0.5) is 0 Å². The summed E-state index contributed by atoms with van der Waals surface area (Å²) >= 11 is 12.2. The van der Waals surface area contributed by atoms with E-state index in [0.717, 1.165) is 6.42 Å². The maximum Gasteiger partial charge on any atom is 0.335 e. The van der Waals surface area contributed by atoms with E-state index in [2.05, 4.69) is 0 Å². The van der Waals surface area contributed by atoms with Gasteiger partial charge in [0.15, 0.2) is 0 Å². The van der Waals surface area contributed by atoms with E-state index < -0.39 is 17.7 Å². The summed E-state index contributed by atoms with van der Waals surface area (Å²) in [5.41, 5.74) is 0.108. The third kappa shape index (κ3) is 3.71. The lowest BCUT2D eigenvalue weighted by Crippen LogP contribution is -2.48. The van der Waals surface area contributed by atoms with Gasteiger partial charge in [0.2, 0.25) is 0 Å². The Morgan fingerprint density at radius 2 is 1.27 bits per heavy atom. The molecule has 0 radical (unpaired) electrons. The van der Waals surface area contributed by atoms with Crippen LogP contribution in [0.5, 0.6) is 11.5 Å². The molecule has 0 amide bonds. The Balaban J connectivity index is 1.82. The Labute approximate surface area is 158 Å². The van der Waals surface area contributed by atoms with E-state index in [-0.39, 0.29) is 21.2 Å². The quantitative estimate of drug-likeness (QED) is 0.685. The molecule has 6 nitrogen and oxygen atoms in total. The number of carboxylic acids is 2. The topological polar surface area (TPSA) is 93.1 Å². The van der Waals surface area contributed by atoms with Crippen LogP contribution in [-0.2, 0) is 0 Å². The lowest BCUT2D eigenvalue weighted by Gasteiger charge is -2.41. The van der Waals surface area contributed by atoms with Crippen LogP contribution in [0.3, 0.4) is 0 Å². The summed E-state index contributed by atoms with van der Waals surface area (Å²) in [6.45, 7) is 0. The third-order valence-electron chi connectivity index (χ3n) is 4.06. The van der Waals surface area contributed by atoms with E-state index >= 15 is 0 Å². The standard InChI is InChI=1S/C18H14Cl2O6/c19-12-8-10(16(21)22)2-4-14(12)25-18(6-1-7-18)26-15-5-3-11(17(23)24)9-13(15)20/h2-5,8-9H,1,6-7H2,(H,21,22)(H,23,24). The van der Waals surface area contributed by atoms with Crippen LogP contribution < -0.4 is 9.47 Å². The highest BCUT2D eigenvalue weighted by Gasteiger charge is 2.43. The van der Waals surface area contributed by atoms with Crippen molar-refractivity contribution < 1.29 is 29.3 Å². The predicted molar refractivity (Wildman–Crippen MR) is 94.7 cm³/mol. The molecule has 2 N–H and O–H groups in total. The highest BCUT2D eigenvalue weighted by Crippen LogP contribution is 2.42. The number of hydrogen-bond acceptors (Lipinski definition) is 4. The lowest BCUT2D eigenvalue weighted by atomic mass is 9.91. The van der Waals surface area contributed by atoms with E-state index in [9.17, 15) is 9.59 Å². The van der Waals surface area contributed by atoms with Gasteiger partial charge in [-0.15, -0.1) is 0 Å². The molecule has 1 aliphatic carbocycles. The maximum atomic E-state index is 11.0. The molecular weight excluding hydrogens is 383 g/mol. The fourth-order valence-electron chi connectivity index (χ4n) is 2.52. The molecule has 0 bridgehead atoms. The van der Waals surface area contributed by atoms with Crippen LogP contribution >= 0.6 is 23.2 Å². The molecule has 0 aromatic heterocycles. The maximum absolute atomic E-state index is 11.0. The van der Waals surface area contributed by atoms with Gasteiger partial charge in [-0.3, -0.25) is 0 Å². The zero-order chi connectivity index (χ0) is 18.9. The Hall–Kier alpha value is -2.44. The zero-order valence-electron chi connectivity index (χ0n) is 13.4. The van der Waals surface area contributed by atoms with Crippen molar-refractivity contribution in [2.75, 3.05) is 0 Å². The molecule has 8 heteroatoms. The van der Waals surface area contributed by atoms with Gasteiger partial charge in [0.1, 0.15) is 11.5 Å². The Morgan fingerprint density at radius 3 is 1.54 bits per heavy atom. The average molecular weight is 397 g/mol. The highest BCUT2D eigenvalue weighted by atomic mass is 35.5. The van der Waals surface area contributed by atoms with Crippen LogP contribution in [-0.4, -0.2) is 27.9 Å². The molecule has 1 fully saturated rings. The van der Waals surface area contributed by atoms with Crippen molar-refractivity contribution in [1.29, 1.82) is 0 Å². The molecule has 0 atom stereocenters. The van der Waals surface area contributed by atoms with E-state index in [1.54, 1.807) is 0 Å². The fourth-order valence-corrected chi connectivity index (χ4v) is 2.96. The van der Waals surface area contributed by atoms with Crippen LogP contribution in [0.25, 0.3) is 0 Å². The molecule has 0 saturated heterocycles. The number of benzene rings is 2. The summed E-state index contributed by atoms with van der Waals surface area (Å²) in [4.78, 5) is 22.0. The predicted octanol–water partition coefficient (Wildman–Crippen LogP) is 4.73. The smallest absolute Gasteiger partial charge is 0.335 e. The van der Waals surface area contributed by atoms with Crippen LogP contribution in [0.2, 0.25) is 10.0 Å². The molecule has 1 saturated carbocycles. The summed E-state index contributed by atoms with van der Waals surface area (Å²) in [6.07, 6.45) is 2.04. The normalized spacial score (nSPS) is 15.0. The first-order chi connectivity index (χ1) is 12.3. The van der Waals surface area contributed by atoms with Gasteiger partial charge >= 0.3 is 11.9 Å². The Morgan fingerprint density at radius 1 is 0.846 bits per heavy atom. The van der Waals surface area contributed by atoms with Gasteiger partial charge in [0.05, 0.1) is 21.2 Å². The number of carboxylic acid groups (broad SMARTS) is 2. The zero-order valence-corrected chi connectivity index (χ0v) is 14.9. The van der Waals surface area contributed by atoms with E-state index in [4.69, 9.17) is 42.9 Å². The summed E-state index contributed by atoms with van der Waals surface area (Å²) in [5, 5.41) is 18.3. The third-order valence-corrected chi connectivity index (χ3v) is 4.66. The van der Waals surface area contributed by atoms with E-state index in [0.29, 0.717) is 24.3 Å². The molecule has 0 heterocycles. The molecule has 3 rings (SSSR count). The molecule has 0 aliphatic heterocycles. The summed E-state index contributed by atoms with van der Waals surface area (Å²) in [7, 11) is 0. The second-order valence-corrected chi connectivity index (χ2v) is 6.68. The minimum atomic E-state index is -1.08. The minimum absolute atomic E-state index is 0.0539. The number of rotatable bonds is 6. The molecule has 2 aromatic rings. The summed E-state index contributed by atoms with van der Waals surface area (Å²) in [5.74, 6) is -2.55. The Kier molecular flexibility index (Phi) is 4.98. The first kappa shape index (κ1) is 18.4. The average Bonchev–Trinajstić information content (AvgIpc) is 2.55. The number of hydrogen-bond donors (Lipinski definition) is 2. The van der Waals surface area contributed by atoms with Gasteiger partial charge in [-0.1, -0.05) is 23.2 Å². The van der Waals surface area contributed by atoms with Crippen molar-refractivity contribution >= 4 is 35.1 Å². The largest absolute Gasteiger partial charge is 0.478 e. The number of carbonyl (C=O) groups is 2. The summed E-state index contributed by atoms with van der Waals surface area (Å²) < 4.78 is 11.8. The van der Waals surface area contributed by atoms with Crippen molar-refractivity contribution in [3.05, 3.63) is 57.6 Å². The highest BCUT2D eigenvalue weighted by molar-refractivity contribution is 6.32. The van der Waals surface area contributed by atoms with Gasteiger partial charge in [-0.2, -0.15) is 0 Å². The minimum Gasteiger partial charge on any atom is -0.478 e. The van der Waals surface area contributed by atoms with Crippen molar-refractivity contribution in [3.63, 3.8) is 0 Å².